The van der Waals surface area contributed by atoms with Crippen molar-refractivity contribution in [3.8, 4) is 0 Å². The predicted octanol–water partition coefficient (Wildman–Crippen LogP) is 9.99. The van der Waals surface area contributed by atoms with Crippen molar-refractivity contribution in [1.82, 2.24) is 0 Å². The van der Waals surface area contributed by atoms with E-state index in [9.17, 15) is 19.5 Å². The summed E-state index contributed by atoms with van der Waals surface area (Å²) in [6.07, 6.45) is 39.8. The number of quaternary nitrogens is 1. The molecule has 0 fully saturated rings. The summed E-state index contributed by atoms with van der Waals surface area (Å²) in [5, 5.41) is 9.59. The van der Waals surface area contributed by atoms with Gasteiger partial charge in [0.2, 0.25) is 0 Å². The molecule has 1 N–H and O–H groups in total. The number of carboxylic acid groups (broad SMARTS) is 1. The first-order chi connectivity index (χ1) is 25.6. The van der Waals surface area contributed by atoms with Gasteiger partial charge in [0.1, 0.15) is 13.2 Å². The molecule has 9 heteroatoms. The Balaban J connectivity index is 4.65. The molecule has 53 heavy (non-hydrogen) atoms. The zero-order chi connectivity index (χ0) is 39.3. The van der Waals surface area contributed by atoms with Gasteiger partial charge in [0.15, 0.2) is 6.10 Å². The van der Waals surface area contributed by atoms with Crippen LogP contribution in [0.2, 0.25) is 0 Å². The quantitative estimate of drug-likeness (QED) is 0.0225. The second-order valence-corrected chi connectivity index (χ2v) is 14.2. The topological polar surface area (TPSA) is 108 Å². The van der Waals surface area contributed by atoms with E-state index in [0.717, 1.165) is 64.2 Å². The summed E-state index contributed by atoms with van der Waals surface area (Å²) < 4.78 is 22.5. The zero-order valence-electron chi connectivity index (χ0n) is 33.9. The second-order valence-electron chi connectivity index (χ2n) is 14.2. The standard InChI is InChI=1S/C44H73NO8/c1-6-8-10-12-14-16-18-20-21-23-24-26-28-30-32-34-41(46)51-38-40(39-52-44(43(48)49)50-37-36-45(3,4)5)53-42(47)35-33-31-29-27-25-22-19-17-15-13-11-9-7-2/h9,11,14-17,20-22,25,29,31,40,44H,6-8,10,12-13,18-19,23-24,26-28,30,32-39H2,1-5H3/p+1/b11-9-,16-14-,17-15-,21-20-,25-22-,31-29-. The molecule has 0 rings (SSSR count). The Morgan fingerprint density at radius 3 is 1.68 bits per heavy atom. The highest BCUT2D eigenvalue weighted by atomic mass is 16.7. The Morgan fingerprint density at radius 2 is 1.11 bits per heavy atom. The van der Waals surface area contributed by atoms with Gasteiger partial charge < -0.3 is 28.5 Å². The van der Waals surface area contributed by atoms with Crippen LogP contribution in [0.5, 0.6) is 0 Å². The summed E-state index contributed by atoms with van der Waals surface area (Å²) in [5.74, 6) is -2.15. The number of carboxylic acids is 1. The lowest BCUT2D eigenvalue weighted by Crippen LogP contribution is -2.40. The molecule has 2 atom stereocenters. The van der Waals surface area contributed by atoms with Gasteiger partial charge in [0.05, 0.1) is 34.4 Å². The van der Waals surface area contributed by atoms with Gasteiger partial charge in [-0.05, 0) is 70.6 Å². The molecular formula is C44H74NO8+. The molecule has 0 spiro atoms. The number of unbranched alkanes of at least 4 members (excludes halogenated alkanes) is 8. The Bertz CT molecular complexity index is 1100. The molecule has 0 aromatic rings. The van der Waals surface area contributed by atoms with Crippen LogP contribution in [0.4, 0.5) is 0 Å². The summed E-state index contributed by atoms with van der Waals surface area (Å²) in [6.45, 7) is 4.59. The van der Waals surface area contributed by atoms with E-state index in [1.165, 1.54) is 25.7 Å². The van der Waals surface area contributed by atoms with Crippen molar-refractivity contribution in [2.75, 3.05) is 47.5 Å². The Kier molecular flexibility index (Phi) is 33.5. The van der Waals surface area contributed by atoms with E-state index >= 15 is 0 Å². The number of allylic oxidation sites excluding steroid dienone is 12. The molecule has 0 aliphatic carbocycles. The average molecular weight is 745 g/mol. The van der Waals surface area contributed by atoms with Crippen LogP contribution in [-0.4, -0.2) is 87.4 Å². The summed E-state index contributed by atoms with van der Waals surface area (Å²) >= 11 is 0. The first-order valence-electron chi connectivity index (χ1n) is 20.1. The normalized spacial score (nSPS) is 13.8. The molecule has 0 bridgehead atoms. The van der Waals surface area contributed by atoms with E-state index < -0.39 is 24.3 Å². The summed E-state index contributed by atoms with van der Waals surface area (Å²) in [5.41, 5.74) is 0. The molecule has 2 unspecified atom stereocenters. The van der Waals surface area contributed by atoms with Gasteiger partial charge in [-0.25, -0.2) is 4.79 Å². The number of rotatable bonds is 35. The van der Waals surface area contributed by atoms with Crippen LogP contribution in [0.15, 0.2) is 72.9 Å². The zero-order valence-corrected chi connectivity index (χ0v) is 33.9. The highest BCUT2D eigenvalue weighted by Crippen LogP contribution is 2.11. The molecule has 0 aliphatic rings. The number of ether oxygens (including phenoxy) is 4. The molecular weight excluding hydrogens is 670 g/mol. The van der Waals surface area contributed by atoms with Gasteiger partial charge in [-0.1, -0.05) is 119 Å². The van der Waals surface area contributed by atoms with Crippen molar-refractivity contribution >= 4 is 17.9 Å². The number of likely N-dealkylation sites (N-methyl/N-ethyl adjacent to an activating group) is 1. The van der Waals surface area contributed by atoms with Crippen molar-refractivity contribution in [3.63, 3.8) is 0 Å². The Morgan fingerprint density at radius 1 is 0.585 bits per heavy atom. The monoisotopic (exact) mass is 745 g/mol. The first-order valence-corrected chi connectivity index (χ1v) is 20.1. The highest BCUT2D eigenvalue weighted by Gasteiger charge is 2.25. The van der Waals surface area contributed by atoms with Crippen molar-refractivity contribution in [2.24, 2.45) is 0 Å². The third kappa shape index (κ3) is 36.9. The smallest absolute Gasteiger partial charge is 0.361 e. The van der Waals surface area contributed by atoms with Gasteiger partial charge >= 0.3 is 17.9 Å². The van der Waals surface area contributed by atoms with Crippen molar-refractivity contribution in [3.05, 3.63) is 72.9 Å². The fraction of sp³-hybridized carbons (Fsp3) is 0.659. The number of nitrogens with zero attached hydrogens (tertiary/aromatic N) is 1. The fourth-order valence-electron chi connectivity index (χ4n) is 4.82. The van der Waals surface area contributed by atoms with Gasteiger partial charge in [-0.15, -0.1) is 0 Å². The molecule has 0 aromatic carbocycles. The molecule has 0 heterocycles. The van der Waals surface area contributed by atoms with Crippen LogP contribution in [0, 0.1) is 0 Å². The van der Waals surface area contributed by atoms with E-state index in [0.29, 0.717) is 23.9 Å². The van der Waals surface area contributed by atoms with Crippen molar-refractivity contribution in [1.29, 1.82) is 0 Å². The number of carbonyl (C=O) groups excluding carboxylic acids is 2. The van der Waals surface area contributed by atoms with Crippen molar-refractivity contribution < 1.29 is 42.9 Å². The maximum absolute atomic E-state index is 12.7. The maximum atomic E-state index is 12.7. The lowest BCUT2D eigenvalue weighted by molar-refractivity contribution is -0.870. The highest BCUT2D eigenvalue weighted by molar-refractivity contribution is 5.71. The lowest BCUT2D eigenvalue weighted by Gasteiger charge is -2.25. The van der Waals surface area contributed by atoms with E-state index in [2.05, 4.69) is 74.6 Å². The predicted molar refractivity (Wildman–Crippen MR) is 216 cm³/mol. The minimum Gasteiger partial charge on any atom is -0.477 e. The summed E-state index contributed by atoms with van der Waals surface area (Å²) in [7, 11) is 5.91. The van der Waals surface area contributed by atoms with Crippen LogP contribution in [0.25, 0.3) is 0 Å². The van der Waals surface area contributed by atoms with Crippen LogP contribution >= 0.6 is 0 Å². The number of aliphatic carboxylic acids is 1. The molecule has 0 saturated carbocycles. The third-order valence-electron chi connectivity index (χ3n) is 7.96. The van der Waals surface area contributed by atoms with Gasteiger partial charge in [0.25, 0.3) is 6.29 Å². The minimum absolute atomic E-state index is 0.132. The SMILES string of the molecule is CC/C=C\C/C=C\C/C=C\C/C=C\CCC(=O)OC(COC(=O)CCCCCCC/C=C\C/C=C\CCCCC)COC(OCC[N+](C)(C)C)C(=O)O. The summed E-state index contributed by atoms with van der Waals surface area (Å²) in [4.78, 5) is 36.9. The van der Waals surface area contributed by atoms with Gasteiger partial charge in [-0.3, -0.25) is 9.59 Å². The van der Waals surface area contributed by atoms with E-state index in [4.69, 9.17) is 18.9 Å². The second kappa shape index (κ2) is 35.7. The number of hydrogen-bond donors (Lipinski definition) is 1. The lowest BCUT2D eigenvalue weighted by atomic mass is 10.1. The molecule has 302 valence electrons. The van der Waals surface area contributed by atoms with Crippen LogP contribution in [0.1, 0.15) is 129 Å². The Labute approximate surface area is 322 Å². The molecule has 0 saturated heterocycles. The average Bonchev–Trinajstić information content (AvgIpc) is 3.11. The first kappa shape index (κ1) is 49.7. The van der Waals surface area contributed by atoms with Crippen LogP contribution in [0.3, 0.4) is 0 Å². The van der Waals surface area contributed by atoms with E-state index in [1.54, 1.807) is 0 Å². The van der Waals surface area contributed by atoms with Gasteiger partial charge in [0, 0.05) is 12.8 Å². The maximum Gasteiger partial charge on any atom is 0.361 e. The third-order valence-corrected chi connectivity index (χ3v) is 7.96. The van der Waals surface area contributed by atoms with Crippen molar-refractivity contribution in [2.45, 2.75) is 142 Å². The number of esters is 2. The molecule has 0 aliphatic heterocycles. The Hall–Kier alpha value is -3.27. The molecule has 9 nitrogen and oxygen atoms in total. The van der Waals surface area contributed by atoms with Gasteiger partial charge in [-0.2, -0.15) is 0 Å². The van der Waals surface area contributed by atoms with E-state index in [1.807, 2.05) is 33.3 Å². The van der Waals surface area contributed by atoms with Crippen LogP contribution < -0.4 is 0 Å². The van der Waals surface area contributed by atoms with Crippen LogP contribution in [-0.2, 0) is 33.3 Å². The number of hydrogen-bond acceptors (Lipinski definition) is 7. The molecule has 0 amide bonds. The molecule has 0 aromatic heterocycles. The largest absolute Gasteiger partial charge is 0.477 e. The molecule has 0 radical (unpaired) electrons. The summed E-state index contributed by atoms with van der Waals surface area (Å²) in [6, 6.07) is 0. The fourth-order valence-corrected chi connectivity index (χ4v) is 4.82. The minimum atomic E-state index is -1.53. The number of carbonyl (C=O) groups is 3. The van der Waals surface area contributed by atoms with E-state index in [-0.39, 0.29) is 38.6 Å².